The fourth-order valence-electron chi connectivity index (χ4n) is 3.07. The smallest absolute Gasteiger partial charge is 0.325 e. The van der Waals surface area contributed by atoms with Gasteiger partial charge in [0.15, 0.2) is 0 Å². The number of carboxylic acids is 1. The first-order chi connectivity index (χ1) is 15.1. The zero-order valence-electron chi connectivity index (χ0n) is 19.1. The second kappa shape index (κ2) is 10.7. The summed E-state index contributed by atoms with van der Waals surface area (Å²) in [4.78, 5) is 23.3. The number of carbonyl (C=O) groups is 2. The van der Waals surface area contributed by atoms with Crippen LogP contribution in [0.5, 0.6) is 11.5 Å². The third kappa shape index (κ3) is 6.00. The zero-order chi connectivity index (χ0) is 24.0. The van der Waals surface area contributed by atoms with E-state index in [0.717, 1.165) is 0 Å². The lowest BCUT2D eigenvalue weighted by molar-refractivity contribution is -0.140. The van der Waals surface area contributed by atoms with Crippen LogP contribution in [0, 0.1) is 5.82 Å². The molecule has 0 aromatic heterocycles. The first kappa shape index (κ1) is 24.7. The van der Waals surface area contributed by atoms with Crippen LogP contribution >= 0.6 is 0 Å². The molecule has 0 spiro atoms. The molecule has 0 unspecified atom stereocenters. The first-order valence-corrected chi connectivity index (χ1v) is 10.1. The molecule has 2 aromatic carbocycles. The molecule has 0 fully saturated rings. The van der Waals surface area contributed by atoms with Crippen molar-refractivity contribution in [2.75, 3.05) is 19.5 Å². The monoisotopic (exact) mass is 444 g/mol. The lowest BCUT2D eigenvalue weighted by atomic mass is 9.99. The Morgan fingerprint density at radius 2 is 1.69 bits per heavy atom. The Morgan fingerprint density at radius 1 is 1.03 bits per heavy atom. The molecule has 7 nitrogen and oxygen atoms in total. The van der Waals surface area contributed by atoms with Gasteiger partial charge in [-0.05, 0) is 64.1 Å². The van der Waals surface area contributed by atoms with Gasteiger partial charge in [0, 0.05) is 34.0 Å². The van der Waals surface area contributed by atoms with Crippen LogP contribution in [0.3, 0.4) is 0 Å². The molecule has 3 N–H and O–H groups in total. The second-order valence-corrected chi connectivity index (χ2v) is 7.65. The van der Waals surface area contributed by atoms with Gasteiger partial charge in [-0.2, -0.15) is 0 Å². The van der Waals surface area contributed by atoms with Gasteiger partial charge in [0.1, 0.15) is 23.4 Å². The molecule has 1 amide bonds. The summed E-state index contributed by atoms with van der Waals surface area (Å²) in [5.41, 5.74) is 2.32. The molecule has 172 valence electrons. The highest BCUT2D eigenvalue weighted by Crippen LogP contribution is 2.38. The average Bonchev–Trinajstić information content (AvgIpc) is 2.73. The van der Waals surface area contributed by atoms with E-state index >= 15 is 0 Å². The van der Waals surface area contributed by atoms with Crippen LogP contribution in [-0.4, -0.2) is 43.3 Å². The predicted molar refractivity (Wildman–Crippen MR) is 123 cm³/mol. The number of ether oxygens (including phenoxy) is 2. The van der Waals surface area contributed by atoms with Gasteiger partial charge >= 0.3 is 5.97 Å². The van der Waals surface area contributed by atoms with Gasteiger partial charge in [0.25, 0.3) is 0 Å². The van der Waals surface area contributed by atoms with Crippen LogP contribution in [0.15, 0.2) is 35.9 Å². The summed E-state index contributed by atoms with van der Waals surface area (Å²) in [5.74, 6) is -1.27. The van der Waals surface area contributed by atoms with Crippen LogP contribution in [0.2, 0.25) is 0 Å². The van der Waals surface area contributed by atoms with Gasteiger partial charge in [0.2, 0.25) is 5.91 Å². The minimum absolute atomic E-state index is 0.167. The standard InChI is InChI=1S/C24H29FN2O5/c1-13(2)26-17-7-8-18(20(25)11-17)19-12-21(31-5)16(10-22(19)32-6)9-14(3)23(28)27-15(4)24(29)30/h7-13,15,26H,1-6H3,(H,27,28)(H,29,30)/t15-/m1/s1. The van der Waals surface area contributed by atoms with E-state index in [0.29, 0.717) is 33.9 Å². The Bertz CT molecular complexity index is 1030. The SMILES string of the molecule is COc1cc(-c2ccc(NC(C)C)cc2F)c(OC)cc1C=C(C)C(=O)N[C@H](C)C(=O)O. The lowest BCUT2D eigenvalue weighted by Crippen LogP contribution is -2.38. The van der Waals surface area contributed by atoms with Crippen molar-refractivity contribution < 1.29 is 28.6 Å². The average molecular weight is 445 g/mol. The molecule has 0 heterocycles. The van der Waals surface area contributed by atoms with E-state index in [4.69, 9.17) is 14.6 Å². The van der Waals surface area contributed by atoms with Crippen molar-refractivity contribution in [3.63, 3.8) is 0 Å². The van der Waals surface area contributed by atoms with E-state index in [1.54, 1.807) is 37.3 Å². The van der Waals surface area contributed by atoms with Gasteiger partial charge in [-0.15, -0.1) is 0 Å². The summed E-state index contributed by atoms with van der Waals surface area (Å²) in [5, 5.41) is 14.5. The maximum Gasteiger partial charge on any atom is 0.325 e. The van der Waals surface area contributed by atoms with Crippen molar-refractivity contribution >= 4 is 23.6 Å². The van der Waals surface area contributed by atoms with Gasteiger partial charge in [-0.1, -0.05) is 0 Å². The maximum absolute atomic E-state index is 14.9. The Hall–Kier alpha value is -3.55. The highest BCUT2D eigenvalue weighted by molar-refractivity contribution is 5.99. The van der Waals surface area contributed by atoms with Gasteiger partial charge in [-0.25, -0.2) is 4.39 Å². The fourth-order valence-corrected chi connectivity index (χ4v) is 3.07. The van der Waals surface area contributed by atoms with Crippen LogP contribution in [0.1, 0.15) is 33.3 Å². The Kier molecular flexibility index (Phi) is 8.23. The van der Waals surface area contributed by atoms with E-state index in [9.17, 15) is 14.0 Å². The lowest BCUT2D eigenvalue weighted by Gasteiger charge is -2.16. The topological polar surface area (TPSA) is 96.9 Å². The van der Waals surface area contributed by atoms with Crippen LogP contribution in [-0.2, 0) is 9.59 Å². The molecule has 0 saturated heterocycles. The van der Waals surface area contributed by atoms with Crippen molar-refractivity contribution in [1.29, 1.82) is 0 Å². The fraction of sp³-hybridized carbons (Fsp3) is 0.333. The molecule has 0 aliphatic heterocycles. The largest absolute Gasteiger partial charge is 0.496 e. The molecule has 0 bridgehead atoms. The van der Waals surface area contributed by atoms with Crippen molar-refractivity contribution in [3.8, 4) is 22.6 Å². The highest BCUT2D eigenvalue weighted by atomic mass is 19.1. The van der Waals surface area contributed by atoms with Gasteiger partial charge < -0.3 is 25.2 Å². The minimum Gasteiger partial charge on any atom is -0.496 e. The Balaban J connectivity index is 2.47. The second-order valence-electron chi connectivity index (χ2n) is 7.65. The predicted octanol–water partition coefficient (Wildman–Crippen LogP) is 4.32. The van der Waals surface area contributed by atoms with E-state index in [-0.39, 0.29) is 11.6 Å². The summed E-state index contributed by atoms with van der Waals surface area (Å²) in [6.07, 6.45) is 1.56. The summed E-state index contributed by atoms with van der Waals surface area (Å²) < 4.78 is 25.8. The summed E-state index contributed by atoms with van der Waals surface area (Å²) >= 11 is 0. The highest BCUT2D eigenvalue weighted by Gasteiger charge is 2.18. The van der Waals surface area contributed by atoms with Gasteiger partial charge in [0.05, 0.1) is 14.2 Å². The minimum atomic E-state index is -1.13. The molecular weight excluding hydrogens is 415 g/mol. The molecule has 2 rings (SSSR count). The molecule has 32 heavy (non-hydrogen) atoms. The summed E-state index contributed by atoms with van der Waals surface area (Å²) in [6.45, 7) is 6.87. The summed E-state index contributed by atoms with van der Waals surface area (Å²) in [7, 11) is 2.94. The third-order valence-corrected chi connectivity index (χ3v) is 4.71. The number of amides is 1. The normalized spacial score (nSPS) is 12.3. The number of anilines is 1. The number of hydrogen-bond acceptors (Lipinski definition) is 5. The zero-order valence-corrected chi connectivity index (χ0v) is 19.1. The van der Waals surface area contributed by atoms with Crippen molar-refractivity contribution in [3.05, 3.63) is 47.3 Å². The number of methoxy groups -OCH3 is 2. The molecule has 0 radical (unpaired) electrons. The van der Waals surface area contributed by atoms with Gasteiger partial charge in [-0.3, -0.25) is 9.59 Å². The van der Waals surface area contributed by atoms with Crippen LogP contribution in [0.25, 0.3) is 17.2 Å². The Labute approximate surface area is 187 Å². The molecular formula is C24H29FN2O5. The molecule has 8 heteroatoms. The van der Waals surface area contributed by atoms with E-state index in [2.05, 4.69) is 10.6 Å². The van der Waals surface area contributed by atoms with Crippen molar-refractivity contribution in [1.82, 2.24) is 5.32 Å². The van der Waals surface area contributed by atoms with E-state index < -0.39 is 23.7 Å². The molecule has 0 saturated carbocycles. The quantitative estimate of drug-likeness (QED) is 0.499. The summed E-state index contributed by atoms with van der Waals surface area (Å²) in [6, 6.07) is 7.30. The number of nitrogens with one attached hydrogen (secondary N) is 2. The number of aliphatic carboxylic acids is 1. The molecule has 0 aliphatic rings. The number of carbonyl (C=O) groups excluding carboxylic acids is 1. The van der Waals surface area contributed by atoms with Crippen LogP contribution in [0.4, 0.5) is 10.1 Å². The molecule has 1 atom stereocenters. The number of halogens is 1. The maximum atomic E-state index is 14.9. The third-order valence-electron chi connectivity index (χ3n) is 4.71. The van der Waals surface area contributed by atoms with Crippen LogP contribution < -0.4 is 20.1 Å². The Morgan fingerprint density at radius 3 is 2.22 bits per heavy atom. The molecule has 2 aromatic rings. The number of rotatable bonds is 9. The van der Waals surface area contributed by atoms with Crippen molar-refractivity contribution in [2.45, 2.75) is 39.8 Å². The number of hydrogen-bond donors (Lipinski definition) is 3. The van der Waals surface area contributed by atoms with E-state index in [1.165, 1.54) is 27.2 Å². The van der Waals surface area contributed by atoms with Crippen molar-refractivity contribution in [2.24, 2.45) is 0 Å². The van der Waals surface area contributed by atoms with E-state index in [1.807, 2.05) is 13.8 Å². The number of benzene rings is 2. The first-order valence-electron chi connectivity index (χ1n) is 10.1. The number of carboxylic acid groups (broad SMARTS) is 1. The molecule has 0 aliphatic carbocycles.